The van der Waals surface area contributed by atoms with Crippen LogP contribution in [0.15, 0.2) is 0 Å². The first-order valence-electron chi connectivity index (χ1n) is 7.98. The largest absolute Gasteiger partial charge is 0.381 e. The van der Waals surface area contributed by atoms with E-state index in [1.807, 2.05) is 0 Å². The van der Waals surface area contributed by atoms with Gasteiger partial charge in [-0.25, -0.2) is 0 Å². The molecule has 1 aliphatic carbocycles. The molecule has 0 spiro atoms. The van der Waals surface area contributed by atoms with Crippen molar-refractivity contribution in [3.8, 4) is 0 Å². The summed E-state index contributed by atoms with van der Waals surface area (Å²) in [6.07, 6.45) is 9.55. The lowest BCUT2D eigenvalue weighted by Crippen LogP contribution is -2.44. The summed E-state index contributed by atoms with van der Waals surface area (Å²) in [4.78, 5) is 0. The Bertz CT molecular complexity index is 247. The minimum absolute atomic E-state index is 0.781. The van der Waals surface area contributed by atoms with E-state index in [9.17, 15) is 0 Å². The van der Waals surface area contributed by atoms with Gasteiger partial charge in [-0.05, 0) is 63.5 Å². The predicted octanol–water partition coefficient (Wildman–Crippen LogP) is 1.92. The first kappa shape index (κ1) is 12.9. The summed E-state index contributed by atoms with van der Waals surface area (Å²) >= 11 is 0. The van der Waals surface area contributed by atoms with E-state index in [0.717, 1.165) is 37.1 Å². The second-order valence-electron chi connectivity index (χ2n) is 6.37. The highest BCUT2D eigenvalue weighted by Crippen LogP contribution is 2.32. The molecule has 0 bridgehead atoms. The molecule has 2 saturated heterocycles. The van der Waals surface area contributed by atoms with Crippen LogP contribution in [0.1, 0.15) is 44.9 Å². The Labute approximate surface area is 111 Å². The van der Waals surface area contributed by atoms with Crippen LogP contribution in [0.2, 0.25) is 0 Å². The van der Waals surface area contributed by atoms with Crippen LogP contribution in [0, 0.1) is 11.8 Å². The van der Waals surface area contributed by atoms with Crippen LogP contribution in [-0.2, 0) is 4.74 Å². The van der Waals surface area contributed by atoms with Gasteiger partial charge in [0.25, 0.3) is 0 Å². The Morgan fingerprint density at radius 2 is 1.89 bits per heavy atom. The molecule has 0 radical (unpaired) electrons. The fourth-order valence-electron chi connectivity index (χ4n) is 4.07. The molecule has 0 aromatic rings. The van der Waals surface area contributed by atoms with Crippen LogP contribution in [0.3, 0.4) is 0 Å². The SMILES string of the molecule is C1CNC(C2CCCC2NCC2CCOCC2)C1. The van der Waals surface area contributed by atoms with E-state index in [2.05, 4.69) is 10.6 Å². The van der Waals surface area contributed by atoms with Gasteiger partial charge in [0.1, 0.15) is 0 Å². The molecule has 3 nitrogen and oxygen atoms in total. The van der Waals surface area contributed by atoms with Gasteiger partial charge in [-0.2, -0.15) is 0 Å². The third-order valence-corrected chi connectivity index (χ3v) is 5.19. The molecule has 3 heteroatoms. The van der Waals surface area contributed by atoms with Crippen LogP contribution >= 0.6 is 0 Å². The molecule has 3 atom stereocenters. The van der Waals surface area contributed by atoms with Gasteiger partial charge < -0.3 is 15.4 Å². The Morgan fingerprint density at radius 3 is 2.67 bits per heavy atom. The monoisotopic (exact) mass is 252 g/mol. The Morgan fingerprint density at radius 1 is 1.00 bits per heavy atom. The van der Waals surface area contributed by atoms with Crippen molar-refractivity contribution in [1.82, 2.24) is 10.6 Å². The Kier molecular flexibility index (Phi) is 4.55. The molecule has 3 rings (SSSR count). The summed E-state index contributed by atoms with van der Waals surface area (Å²) in [6.45, 7) is 4.42. The maximum absolute atomic E-state index is 5.44. The van der Waals surface area contributed by atoms with Gasteiger partial charge in [-0.3, -0.25) is 0 Å². The average Bonchev–Trinajstić information content (AvgIpc) is 3.08. The molecular weight excluding hydrogens is 224 g/mol. The molecule has 2 N–H and O–H groups in total. The van der Waals surface area contributed by atoms with Crippen LogP contribution < -0.4 is 10.6 Å². The Hall–Kier alpha value is -0.120. The Balaban J connectivity index is 1.45. The fraction of sp³-hybridized carbons (Fsp3) is 1.00. The van der Waals surface area contributed by atoms with Crippen molar-refractivity contribution >= 4 is 0 Å². The van der Waals surface area contributed by atoms with Crippen LogP contribution in [0.4, 0.5) is 0 Å². The zero-order chi connectivity index (χ0) is 12.2. The molecule has 0 aromatic carbocycles. The zero-order valence-corrected chi connectivity index (χ0v) is 11.5. The molecule has 1 saturated carbocycles. The second kappa shape index (κ2) is 6.36. The van der Waals surface area contributed by atoms with Crippen LogP contribution in [-0.4, -0.2) is 38.4 Å². The highest BCUT2D eigenvalue weighted by atomic mass is 16.5. The molecule has 104 valence electrons. The van der Waals surface area contributed by atoms with Crippen molar-refractivity contribution in [3.63, 3.8) is 0 Å². The quantitative estimate of drug-likeness (QED) is 0.802. The minimum Gasteiger partial charge on any atom is -0.381 e. The lowest BCUT2D eigenvalue weighted by atomic mass is 9.92. The summed E-state index contributed by atoms with van der Waals surface area (Å²) < 4.78 is 5.44. The van der Waals surface area contributed by atoms with Crippen molar-refractivity contribution in [1.29, 1.82) is 0 Å². The third kappa shape index (κ3) is 3.06. The van der Waals surface area contributed by atoms with E-state index in [1.165, 1.54) is 58.0 Å². The van der Waals surface area contributed by atoms with Gasteiger partial charge in [0.05, 0.1) is 0 Å². The van der Waals surface area contributed by atoms with Crippen molar-refractivity contribution in [3.05, 3.63) is 0 Å². The van der Waals surface area contributed by atoms with Crippen molar-refractivity contribution in [2.24, 2.45) is 11.8 Å². The van der Waals surface area contributed by atoms with Crippen molar-refractivity contribution in [2.75, 3.05) is 26.3 Å². The van der Waals surface area contributed by atoms with E-state index in [-0.39, 0.29) is 0 Å². The third-order valence-electron chi connectivity index (χ3n) is 5.19. The van der Waals surface area contributed by atoms with E-state index in [4.69, 9.17) is 4.74 Å². The molecule has 3 fully saturated rings. The maximum Gasteiger partial charge on any atom is 0.0469 e. The van der Waals surface area contributed by atoms with Crippen LogP contribution in [0.5, 0.6) is 0 Å². The number of rotatable bonds is 4. The molecule has 3 aliphatic rings. The predicted molar refractivity (Wildman–Crippen MR) is 73.7 cm³/mol. The van der Waals surface area contributed by atoms with Gasteiger partial charge in [0.2, 0.25) is 0 Å². The summed E-state index contributed by atoms with van der Waals surface area (Å²) in [5, 5.41) is 7.59. The van der Waals surface area contributed by atoms with E-state index < -0.39 is 0 Å². The summed E-state index contributed by atoms with van der Waals surface area (Å²) in [7, 11) is 0. The molecule has 0 aromatic heterocycles. The molecular formula is C15H28N2O. The first-order valence-corrected chi connectivity index (χ1v) is 7.98. The highest BCUT2D eigenvalue weighted by Gasteiger charge is 2.34. The highest BCUT2D eigenvalue weighted by molar-refractivity contribution is 4.93. The first-order chi connectivity index (χ1) is 8.93. The fourth-order valence-corrected chi connectivity index (χ4v) is 4.07. The second-order valence-corrected chi connectivity index (χ2v) is 6.37. The number of hydrogen-bond acceptors (Lipinski definition) is 3. The number of ether oxygens (including phenoxy) is 1. The summed E-state index contributed by atoms with van der Waals surface area (Å²) in [5.74, 6) is 1.75. The lowest BCUT2D eigenvalue weighted by Gasteiger charge is -2.29. The van der Waals surface area contributed by atoms with Crippen LogP contribution in [0.25, 0.3) is 0 Å². The van der Waals surface area contributed by atoms with E-state index >= 15 is 0 Å². The number of nitrogens with one attached hydrogen (secondary N) is 2. The molecule has 2 heterocycles. The molecule has 18 heavy (non-hydrogen) atoms. The topological polar surface area (TPSA) is 33.3 Å². The van der Waals surface area contributed by atoms with Gasteiger partial charge in [-0.15, -0.1) is 0 Å². The minimum atomic E-state index is 0.781. The molecule has 3 unspecified atom stereocenters. The van der Waals surface area contributed by atoms with E-state index in [1.54, 1.807) is 0 Å². The van der Waals surface area contributed by atoms with E-state index in [0.29, 0.717) is 0 Å². The standard InChI is InChI=1S/C15H28N2O/c1-3-13(14-5-2-8-16-14)15(4-1)17-11-12-6-9-18-10-7-12/h12-17H,1-11H2. The molecule has 0 amide bonds. The zero-order valence-electron chi connectivity index (χ0n) is 11.5. The van der Waals surface area contributed by atoms with Gasteiger partial charge in [0, 0.05) is 25.3 Å². The van der Waals surface area contributed by atoms with Crippen molar-refractivity contribution in [2.45, 2.75) is 57.0 Å². The smallest absolute Gasteiger partial charge is 0.0469 e. The van der Waals surface area contributed by atoms with Gasteiger partial charge in [0.15, 0.2) is 0 Å². The average molecular weight is 252 g/mol. The maximum atomic E-state index is 5.44. The normalized spacial score (nSPS) is 38.3. The van der Waals surface area contributed by atoms with Gasteiger partial charge >= 0.3 is 0 Å². The van der Waals surface area contributed by atoms with Gasteiger partial charge in [-0.1, -0.05) is 6.42 Å². The van der Waals surface area contributed by atoms with Crippen molar-refractivity contribution < 1.29 is 4.74 Å². The lowest BCUT2D eigenvalue weighted by molar-refractivity contribution is 0.0648. The summed E-state index contributed by atoms with van der Waals surface area (Å²) in [5.41, 5.74) is 0. The molecule has 2 aliphatic heterocycles. The number of hydrogen-bond donors (Lipinski definition) is 2. The summed E-state index contributed by atoms with van der Waals surface area (Å²) in [6, 6.07) is 1.59.